The first-order valence-corrected chi connectivity index (χ1v) is 12.2. The number of nitrogens with zero attached hydrogens (tertiary/aromatic N) is 1. The van der Waals surface area contributed by atoms with Crippen LogP contribution in [0.25, 0.3) is 0 Å². The molecule has 3 rings (SSSR count). The molecule has 0 spiro atoms. The highest BCUT2D eigenvalue weighted by Crippen LogP contribution is 2.36. The van der Waals surface area contributed by atoms with Crippen LogP contribution < -0.4 is 10.6 Å². The second kappa shape index (κ2) is 12.5. The second-order valence-corrected chi connectivity index (χ2v) is 9.27. The summed E-state index contributed by atoms with van der Waals surface area (Å²) in [4.78, 5) is 64.7. The van der Waals surface area contributed by atoms with Crippen LogP contribution >= 0.6 is 11.6 Å². The third-order valence-corrected chi connectivity index (χ3v) is 6.25. The summed E-state index contributed by atoms with van der Waals surface area (Å²) in [5, 5.41) is 5.67. The maximum atomic E-state index is 14.0. The zero-order chi connectivity index (χ0) is 27.1. The van der Waals surface area contributed by atoms with E-state index in [1.54, 1.807) is 42.5 Å². The van der Waals surface area contributed by atoms with Gasteiger partial charge < -0.3 is 25.0 Å². The Morgan fingerprint density at radius 3 is 2.41 bits per heavy atom. The summed E-state index contributed by atoms with van der Waals surface area (Å²) in [5.74, 6) is -3.34. The number of esters is 2. The Bertz CT molecular complexity index is 1130. The number of methoxy groups -OCH3 is 1. The topological polar surface area (TPSA) is 131 Å². The number of carbonyl (C=O) groups is 5. The number of amides is 3. The van der Waals surface area contributed by atoms with E-state index in [-0.39, 0.29) is 23.2 Å². The minimum Gasteiger partial charge on any atom is -0.468 e. The molecule has 1 aromatic rings. The number of anilines is 1. The van der Waals surface area contributed by atoms with Gasteiger partial charge in [0.25, 0.3) is 5.91 Å². The summed E-state index contributed by atoms with van der Waals surface area (Å²) in [6.07, 6.45) is 5.67. The number of nitrogens with one attached hydrogen (secondary N) is 2. The molecule has 0 aliphatic heterocycles. The molecule has 37 heavy (non-hydrogen) atoms. The van der Waals surface area contributed by atoms with Crippen molar-refractivity contribution in [1.82, 2.24) is 10.2 Å². The predicted molar refractivity (Wildman–Crippen MR) is 135 cm³/mol. The van der Waals surface area contributed by atoms with Gasteiger partial charge in [0.1, 0.15) is 18.7 Å². The zero-order valence-electron chi connectivity index (χ0n) is 20.9. The Labute approximate surface area is 220 Å². The van der Waals surface area contributed by atoms with Crippen molar-refractivity contribution in [2.45, 2.75) is 51.3 Å². The van der Waals surface area contributed by atoms with E-state index in [1.807, 2.05) is 0 Å². The Balaban J connectivity index is 2.07. The van der Waals surface area contributed by atoms with Crippen LogP contribution in [0.2, 0.25) is 0 Å². The molecule has 1 aromatic carbocycles. The molecular weight excluding hydrogens is 502 g/mol. The fourth-order valence-electron chi connectivity index (χ4n) is 4.18. The van der Waals surface area contributed by atoms with Crippen LogP contribution in [0, 0.1) is 5.92 Å². The first-order chi connectivity index (χ1) is 17.6. The molecule has 1 fully saturated rings. The number of halogens is 1. The lowest BCUT2D eigenvalue weighted by Gasteiger charge is -2.39. The van der Waals surface area contributed by atoms with Crippen molar-refractivity contribution in [2.24, 2.45) is 5.92 Å². The van der Waals surface area contributed by atoms with Gasteiger partial charge in [-0.1, -0.05) is 35.9 Å². The van der Waals surface area contributed by atoms with E-state index < -0.39 is 48.4 Å². The van der Waals surface area contributed by atoms with Gasteiger partial charge in [-0.25, -0.2) is 0 Å². The molecule has 11 heteroatoms. The van der Waals surface area contributed by atoms with E-state index in [9.17, 15) is 24.0 Å². The van der Waals surface area contributed by atoms with E-state index in [0.29, 0.717) is 24.3 Å². The average Bonchev–Trinajstić information content (AvgIpc) is 3.69. The van der Waals surface area contributed by atoms with E-state index in [1.165, 1.54) is 25.9 Å². The number of benzene rings is 1. The molecule has 2 aliphatic rings. The highest BCUT2D eigenvalue weighted by molar-refractivity contribution is 6.31. The quantitative estimate of drug-likeness (QED) is 0.443. The number of rotatable bonds is 10. The van der Waals surface area contributed by atoms with Crippen LogP contribution in [0.4, 0.5) is 5.69 Å². The number of hydrogen-bond donors (Lipinski definition) is 2. The number of hydrogen-bond acceptors (Lipinski definition) is 7. The molecule has 1 saturated carbocycles. The molecule has 3 atom stereocenters. The number of para-hydroxylation sites is 1. The highest BCUT2D eigenvalue weighted by atomic mass is 35.5. The largest absolute Gasteiger partial charge is 0.468 e. The molecule has 3 amide bonds. The van der Waals surface area contributed by atoms with Crippen molar-refractivity contribution < 1.29 is 33.4 Å². The van der Waals surface area contributed by atoms with Gasteiger partial charge in [-0.3, -0.25) is 24.0 Å². The summed E-state index contributed by atoms with van der Waals surface area (Å²) in [6.45, 7) is 2.12. The van der Waals surface area contributed by atoms with Gasteiger partial charge >= 0.3 is 11.9 Å². The summed E-state index contributed by atoms with van der Waals surface area (Å²) in [5.41, 5.74) is 0.467. The van der Waals surface area contributed by atoms with Gasteiger partial charge in [0, 0.05) is 30.8 Å². The van der Waals surface area contributed by atoms with E-state index in [0.717, 1.165) is 0 Å². The Kier molecular flexibility index (Phi) is 9.46. The van der Waals surface area contributed by atoms with Crippen molar-refractivity contribution >= 4 is 46.9 Å². The van der Waals surface area contributed by atoms with E-state index in [2.05, 4.69) is 15.4 Å². The summed E-state index contributed by atoms with van der Waals surface area (Å²) < 4.78 is 10.3. The molecule has 2 N–H and O–H groups in total. The molecule has 0 bridgehead atoms. The fourth-order valence-corrected chi connectivity index (χ4v) is 4.34. The lowest BCUT2D eigenvalue weighted by molar-refractivity contribution is -0.156. The molecule has 3 unspecified atom stereocenters. The van der Waals surface area contributed by atoms with Gasteiger partial charge in [-0.2, -0.15) is 0 Å². The van der Waals surface area contributed by atoms with Crippen LogP contribution in [0.3, 0.4) is 0 Å². The average molecular weight is 532 g/mol. The first-order valence-electron chi connectivity index (χ1n) is 11.9. The van der Waals surface area contributed by atoms with Gasteiger partial charge in [-0.15, -0.1) is 0 Å². The van der Waals surface area contributed by atoms with Crippen LogP contribution in [-0.4, -0.2) is 66.4 Å². The second-order valence-electron chi connectivity index (χ2n) is 8.83. The maximum Gasteiger partial charge on any atom is 0.325 e. The standard InChI is InChI=1S/C26H30ClN3O7/c1-15(31)29-21-7-5-4-6-20(21)26(35)30(19-12-13-19)23(25(34)28-14-22(33)36-3)24(37-16(2)32)17-8-10-18(27)11-9-17/h4-8,10-11,17,19,23-24H,9,12-14H2,1-3H3,(H,28,34)(H,29,31). The minimum atomic E-state index is -1.28. The number of carbonyl (C=O) groups excluding carboxylic acids is 5. The third-order valence-electron chi connectivity index (χ3n) is 5.97. The summed E-state index contributed by atoms with van der Waals surface area (Å²) >= 11 is 6.08. The van der Waals surface area contributed by atoms with Gasteiger partial charge in [-0.05, 0) is 37.5 Å². The monoisotopic (exact) mass is 531 g/mol. The van der Waals surface area contributed by atoms with E-state index in [4.69, 9.17) is 16.3 Å². The molecule has 198 valence electrons. The van der Waals surface area contributed by atoms with Gasteiger partial charge in [0.2, 0.25) is 11.8 Å². The molecule has 2 aliphatic carbocycles. The van der Waals surface area contributed by atoms with Crippen LogP contribution in [0.1, 0.15) is 43.5 Å². The van der Waals surface area contributed by atoms with Crippen molar-refractivity contribution in [2.75, 3.05) is 19.0 Å². The lowest BCUT2D eigenvalue weighted by atomic mass is 9.88. The summed E-state index contributed by atoms with van der Waals surface area (Å²) in [6, 6.07) is 4.88. The Morgan fingerprint density at radius 2 is 1.84 bits per heavy atom. The molecule has 0 aromatic heterocycles. The zero-order valence-corrected chi connectivity index (χ0v) is 21.6. The SMILES string of the molecule is COC(=O)CNC(=O)C(C(OC(C)=O)C1C=CC(Cl)=CC1)N(C(=O)c1ccccc1NC(C)=O)C1CC1. The van der Waals surface area contributed by atoms with Crippen LogP contribution in [0.15, 0.2) is 47.5 Å². The van der Waals surface area contributed by atoms with Crippen molar-refractivity contribution in [3.63, 3.8) is 0 Å². The molecule has 0 heterocycles. The molecule has 0 radical (unpaired) electrons. The molecular formula is C26H30ClN3O7. The lowest BCUT2D eigenvalue weighted by Crippen LogP contribution is -2.59. The maximum absolute atomic E-state index is 14.0. The predicted octanol–water partition coefficient (Wildman–Crippen LogP) is 2.54. The molecule has 0 saturated heterocycles. The number of allylic oxidation sites excluding steroid dienone is 3. The smallest absolute Gasteiger partial charge is 0.325 e. The first kappa shape index (κ1) is 27.9. The number of ether oxygens (including phenoxy) is 2. The van der Waals surface area contributed by atoms with Crippen molar-refractivity contribution in [3.8, 4) is 0 Å². The van der Waals surface area contributed by atoms with Gasteiger partial charge in [0.05, 0.1) is 18.4 Å². The van der Waals surface area contributed by atoms with E-state index >= 15 is 0 Å². The van der Waals surface area contributed by atoms with Crippen molar-refractivity contribution in [3.05, 3.63) is 53.1 Å². The minimum absolute atomic E-state index is 0.180. The van der Waals surface area contributed by atoms with Crippen LogP contribution in [0.5, 0.6) is 0 Å². The highest BCUT2D eigenvalue weighted by Gasteiger charge is 2.48. The third kappa shape index (κ3) is 7.42. The Morgan fingerprint density at radius 1 is 1.14 bits per heavy atom. The molecule has 10 nitrogen and oxygen atoms in total. The van der Waals surface area contributed by atoms with Crippen LogP contribution in [-0.2, 0) is 28.7 Å². The fraction of sp³-hybridized carbons (Fsp3) is 0.423. The van der Waals surface area contributed by atoms with Crippen molar-refractivity contribution in [1.29, 1.82) is 0 Å². The van der Waals surface area contributed by atoms with Gasteiger partial charge in [0.15, 0.2) is 0 Å². The normalized spacial score (nSPS) is 18.1. The summed E-state index contributed by atoms with van der Waals surface area (Å²) in [7, 11) is 1.19. The Hall–Kier alpha value is -3.66.